The smallest absolute Gasteiger partial charge is 0.269 e. The fraction of sp³-hybridized carbons (Fsp3) is 0.238. The first-order valence-corrected chi connectivity index (χ1v) is 10.3. The van der Waals surface area contributed by atoms with Gasteiger partial charge in [-0.2, -0.15) is 0 Å². The summed E-state index contributed by atoms with van der Waals surface area (Å²) in [6.45, 7) is 4.28. The van der Waals surface area contributed by atoms with Crippen LogP contribution in [0.1, 0.15) is 29.8 Å². The summed E-state index contributed by atoms with van der Waals surface area (Å²) in [6, 6.07) is 16.9. The molecule has 0 atom stereocenters. The van der Waals surface area contributed by atoms with Crippen molar-refractivity contribution >= 4 is 23.6 Å². The number of carbonyl (C=O) groups excluding carboxylic acids is 2. The average molecular weight is 407 g/mol. The molecule has 1 aliphatic heterocycles. The summed E-state index contributed by atoms with van der Waals surface area (Å²) in [6.07, 6.45) is 0.862. The summed E-state index contributed by atoms with van der Waals surface area (Å²) < 4.78 is 2.09. The van der Waals surface area contributed by atoms with Crippen molar-refractivity contribution in [3.8, 4) is 11.4 Å². The Morgan fingerprint density at radius 1 is 1.03 bits per heavy atom. The largest absolute Gasteiger partial charge is 0.296 e. The molecule has 0 saturated carbocycles. The monoisotopic (exact) mass is 407 g/mol. The Hall–Kier alpha value is -3.13. The van der Waals surface area contributed by atoms with Crippen molar-refractivity contribution in [3.63, 3.8) is 0 Å². The maximum absolute atomic E-state index is 12.2. The van der Waals surface area contributed by atoms with Gasteiger partial charge in [-0.3, -0.25) is 25.0 Å². The highest BCUT2D eigenvalue weighted by atomic mass is 32.2. The number of carbonyl (C=O) groups is 2. The fourth-order valence-electron chi connectivity index (χ4n) is 3.48. The van der Waals surface area contributed by atoms with Crippen molar-refractivity contribution in [3.05, 3.63) is 65.7 Å². The van der Waals surface area contributed by atoms with Crippen molar-refractivity contribution in [1.29, 1.82) is 0 Å². The second-order valence-corrected chi connectivity index (χ2v) is 8.39. The molecule has 0 aliphatic carbocycles. The molecule has 0 saturated heterocycles. The predicted octanol–water partition coefficient (Wildman–Crippen LogP) is 2.79. The van der Waals surface area contributed by atoms with Crippen LogP contribution >= 0.6 is 11.8 Å². The molecule has 0 radical (unpaired) electrons. The molecular formula is C21H21N5O2S. The van der Waals surface area contributed by atoms with Crippen LogP contribution in [-0.4, -0.2) is 32.3 Å². The molecule has 2 heterocycles. The highest BCUT2D eigenvalue weighted by molar-refractivity contribution is 7.99. The summed E-state index contributed by atoms with van der Waals surface area (Å²) in [5.74, 6) is 0.259. The molecule has 0 spiro atoms. The third-order valence-corrected chi connectivity index (χ3v) is 5.73. The van der Waals surface area contributed by atoms with Gasteiger partial charge in [0, 0.05) is 16.7 Å². The van der Waals surface area contributed by atoms with Crippen LogP contribution in [0.5, 0.6) is 0 Å². The number of nitrogens with one attached hydrogen (secondary N) is 2. The van der Waals surface area contributed by atoms with E-state index in [1.165, 1.54) is 17.3 Å². The highest BCUT2D eigenvalue weighted by Crippen LogP contribution is 2.39. The molecular weight excluding hydrogens is 386 g/mol. The van der Waals surface area contributed by atoms with Gasteiger partial charge < -0.3 is 0 Å². The third-order valence-electron chi connectivity index (χ3n) is 4.80. The van der Waals surface area contributed by atoms with Gasteiger partial charge in [0.15, 0.2) is 11.0 Å². The second-order valence-electron chi connectivity index (χ2n) is 7.44. The number of thioether (sulfide) groups is 1. The Balaban J connectivity index is 1.42. The van der Waals surface area contributed by atoms with Gasteiger partial charge >= 0.3 is 0 Å². The molecule has 8 heteroatoms. The quantitative estimate of drug-likeness (QED) is 0.513. The van der Waals surface area contributed by atoms with E-state index in [1.54, 1.807) is 24.3 Å². The van der Waals surface area contributed by atoms with Crippen molar-refractivity contribution in [1.82, 2.24) is 25.6 Å². The Labute approximate surface area is 172 Å². The van der Waals surface area contributed by atoms with Crippen LogP contribution in [-0.2, 0) is 16.8 Å². The van der Waals surface area contributed by atoms with Crippen LogP contribution in [0.2, 0.25) is 0 Å². The fourth-order valence-corrected chi connectivity index (χ4v) is 4.37. The van der Waals surface area contributed by atoms with Crippen molar-refractivity contribution in [2.75, 3.05) is 5.75 Å². The van der Waals surface area contributed by atoms with Gasteiger partial charge in [0.2, 0.25) is 5.91 Å². The standard InChI is InChI=1S/C21H21N5O2S/c1-21(2)12-15-10-6-7-11-16(15)18-23-25-20(26(18)21)29-13-17(27)22-24-19(28)14-8-4-3-5-9-14/h3-11H,12-13H2,1-2H3,(H,22,27)(H,24,28). The van der Waals surface area contributed by atoms with Crippen LogP contribution in [0.15, 0.2) is 59.8 Å². The lowest BCUT2D eigenvalue weighted by Gasteiger charge is -2.34. The summed E-state index contributed by atoms with van der Waals surface area (Å²) in [7, 11) is 0. The van der Waals surface area contributed by atoms with E-state index in [4.69, 9.17) is 0 Å². The normalized spacial score (nSPS) is 13.9. The Morgan fingerprint density at radius 2 is 1.76 bits per heavy atom. The van der Waals surface area contributed by atoms with Crippen LogP contribution < -0.4 is 10.9 Å². The number of hydrogen-bond donors (Lipinski definition) is 2. The minimum absolute atomic E-state index is 0.116. The number of amides is 2. The van der Waals surface area contributed by atoms with E-state index in [0.29, 0.717) is 10.7 Å². The lowest BCUT2D eigenvalue weighted by Crippen LogP contribution is -2.42. The van der Waals surface area contributed by atoms with Crippen molar-refractivity contribution < 1.29 is 9.59 Å². The minimum atomic E-state index is -0.360. The molecule has 2 amide bonds. The van der Waals surface area contributed by atoms with E-state index in [2.05, 4.69) is 45.5 Å². The van der Waals surface area contributed by atoms with Gasteiger partial charge in [0.05, 0.1) is 5.75 Å². The summed E-state index contributed by atoms with van der Waals surface area (Å²) in [4.78, 5) is 24.2. The highest BCUT2D eigenvalue weighted by Gasteiger charge is 2.34. The van der Waals surface area contributed by atoms with E-state index in [1.807, 2.05) is 24.3 Å². The van der Waals surface area contributed by atoms with Crippen LogP contribution in [0, 0.1) is 0 Å². The summed E-state index contributed by atoms with van der Waals surface area (Å²) in [5.41, 5.74) is 7.47. The first-order valence-electron chi connectivity index (χ1n) is 9.27. The topological polar surface area (TPSA) is 88.9 Å². The lowest BCUT2D eigenvalue weighted by atomic mass is 9.87. The molecule has 1 aromatic heterocycles. The van der Waals surface area contributed by atoms with Gasteiger partial charge in [-0.25, -0.2) is 0 Å². The van der Waals surface area contributed by atoms with E-state index in [-0.39, 0.29) is 23.1 Å². The second kappa shape index (κ2) is 7.71. The van der Waals surface area contributed by atoms with E-state index in [0.717, 1.165) is 17.8 Å². The molecule has 0 bridgehead atoms. The molecule has 0 unspecified atom stereocenters. The van der Waals surface area contributed by atoms with E-state index in [9.17, 15) is 9.59 Å². The number of benzene rings is 2. The first kappa shape index (κ1) is 19.2. The number of hydrogen-bond acceptors (Lipinski definition) is 5. The zero-order chi connectivity index (χ0) is 20.4. The van der Waals surface area contributed by atoms with Crippen LogP contribution in [0.3, 0.4) is 0 Å². The maximum Gasteiger partial charge on any atom is 0.269 e. The Morgan fingerprint density at radius 3 is 2.55 bits per heavy atom. The van der Waals surface area contributed by atoms with Gasteiger partial charge in [0.1, 0.15) is 0 Å². The zero-order valence-corrected chi connectivity index (χ0v) is 17.0. The van der Waals surface area contributed by atoms with Gasteiger partial charge in [-0.05, 0) is 38.0 Å². The number of aromatic nitrogens is 3. The van der Waals surface area contributed by atoms with Gasteiger partial charge in [-0.1, -0.05) is 54.2 Å². The predicted molar refractivity (Wildman–Crippen MR) is 111 cm³/mol. The Bertz CT molecular complexity index is 1060. The molecule has 7 nitrogen and oxygen atoms in total. The van der Waals surface area contributed by atoms with Gasteiger partial charge in [-0.15, -0.1) is 10.2 Å². The SMILES string of the molecule is CC1(C)Cc2ccccc2-c2nnc(SCC(=O)NNC(=O)c3ccccc3)n21. The maximum atomic E-state index is 12.2. The lowest BCUT2D eigenvalue weighted by molar-refractivity contribution is -0.119. The number of fused-ring (bicyclic) bond motifs is 3. The molecule has 148 valence electrons. The number of nitrogens with zero attached hydrogens (tertiary/aromatic N) is 3. The molecule has 2 N–H and O–H groups in total. The van der Waals surface area contributed by atoms with Gasteiger partial charge in [0.25, 0.3) is 5.91 Å². The molecule has 2 aromatic carbocycles. The molecule has 3 aromatic rings. The minimum Gasteiger partial charge on any atom is -0.296 e. The molecule has 4 rings (SSSR count). The average Bonchev–Trinajstić information content (AvgIpc) is 3.16. The zero-order valence-electron chi connectivity index (χ0n) is 16.2. The summed E-state index contributed by atoms with van der Waals surface area (Å²) >= 11 is 1.30. The van der Waals surface area contributed by atoms with Crippen molar-refractivity contribution in [2.24, 2.45) is 0 Å². The third kappa shape index (κ3) is 3.88. The van der Waals surface area contributed by atoms with E-state index < -0.39 is 0 Å². The van der Waals surface area contributed by atoms with E-state index >= 15 is 0 Å². The molecule has 0 fully saturated rings. The first-order chi connectivity index (χ1) is 14.0. The molecule has 29 heavy (non-hydrogen) atoms. The summed E-state index contributed by atoms with van der Waals surface area (Å²) in [5, 5.41) is 9.38. The number of hydrazine groups is 1. The van der Waals surface area contributed by atoms with Crippen molar-refractivity contribution in [2.45, 2.75) is 31.0 Å². The molecule has 1 aliphatic rings. The van der Waals surface area contributed by atoms with Crippen LogP contribution in [0.4, 0.5) is 0 Å². The number of rotatable bonds is 4. The van der Waals surface area contributed by atoms with Crippen LogP contribution in [0.25, 0.3) is 11.4 Å². The Kier molecular flexibility index (Phi) is 5.10.